The molecule has 0 radical (unpaired) electrons. The van der Waals surface area contributed by atoms with E-state index in [1.54, 1.807) is 0 Å². The van der Waals surface area contributed by atoms with E-state index in [1.807, 2.05) is 38.2 Å². The second-order valence-corrected chi connectivity index (χ2v) is 5.87. The van der Waals surface area contributed by atoms with E-state index in [0.717, 1.165) is 18.8 Å². The number of benzene rings is 1. The lowest BCUT2D eigenvalue weighted by molar-refractivity contribution is -0.117. The summed E-state index contributed by atoms with van der Waals surface area (Å²) in [7, 11) is 6.03. The van der Waals surface area contributed by atoms with Crippen molar-refractivity contribution in [2.45, 2.75) is 19.8 Å². The van der Waals surface area contributed by atoms with Crippen LogP contribution in [0.4, 0.5) is 5.69 Å². The van der Waals surface area contributed by atoms with Crippen molar-refractivity contribution < 1.29 is 4.79 Å². The Labute approximate surface area is 122 Å². The first-order valence-electron chi connectivity index (χ1n) is 7.11. The lowest BCUT2D eigenvalue weighted by atomic mass is 10.0. The molecule has 0 aliphatic heterocycles. The minimum Gasteiger partial charge on any atom is -0.325 e. The van der Waals surface area contributed by atoms with E-state index >= 15 is 0 Å². The molecule has 1 amide bonds. The van der Waals surface area contributed by atoms with Crippen molar-refractivity contribution in [3.63, 3.8) is 0 Å². The average molecular weight is 277 g/mol. The Balaban J connectivity index is 2.41. The predicted molar refractivity (Wildman–Crippen MR) is 85.2 cm³/mol. The molecule has 112 valence electrons. The number of carbonyl (C=O) groups is 1. The van der Waals surface area contributed by atoms with Gasteiger partial charge in [0, 0.05) is 18.8 Å². The lowest BCUT2D eigenvalue weighted by Crippen LogP contribution is -2.34. The molecule has 0 unspecified atom stereocenters. The smallest absolute Gasteiger partial charge is 0.238 e. The zero-order chi connectivity index (χ0) is 15.1. The number of hydrogen-bond donors (Lipinski definition) is 1. The molecule has 0 spiro atoms. The maximum atomic E-state index is 11.9. The Kier molecular flexibility index (Phi) is 6.68. The predicted octanol–water partition coefficient (Wildman–Crippen LogP) is 2.24. The highest BCUT2D eigenvalue weighted by Gasteiger charge is 2.07. The van der Waals surface area contributed by atoms with E-state index in [4.69, 9.17) is 0 Å². The molecule has 1 aromatic carbocycles. The minimum atomic E-state index is 0.0311. The van der Waals surface area contributed by atoms with Crippen LogP contribution in [-0.4, -0.2) is 56.5 Å². The van der Waals surface area contributed by atoms with Gasteiger partial charge in [-0.2, -0.15) is 0 Å². The maximum Gasteiger partial charge on any atom is 0.238 e. The summed E-state index contributed by atoms with van der Waals surface area (Å²) in [6.07, 6.45) is 0. The summed E-state index contributed by atoms with van der Waals surface area (Å²) in [5.74, 6) is 0.542. The summed E-state index contributed by atoms with van der Waals surface area (Å²) < 4.78 is 0. The van der Waals surface area contributed by atoms with Crippen LogP contribution in [0.25, 0.3) is 0 Å². The summed E-state index contributed by atoms with van der Waals surface area (Å²) in [5, 5.41) is 2.93. The second kappa shape index (κ2) is 8.02. The van der Waals surface area contributed by atoms with Crippen molar-refractivity contribution in [1.29, 1.82) is 0 Å². The van der Waals surface area contributed by atoms with Crippen LogP contribution in [0.1, 0.15) is 25.3 Å². The van der Waals surface area contributed by atoms with Gasteiger partial charge in [-0.05, 0) is 44.8 Å². The van der Waals surface area contributed by atoms with E-state index in [2.05, 4.69) is 36.2 Å². The Hall–Kier alpha value is -1.39. The molecule has 0 aliphatic carbocycles. The van der Waals surface area contributed by atoms with Crippen LogP contribution in [0.15, 0.2) is 24.3 Å². The van der Waals surface area contributed by atoms with Crippen LogP contribution < -0.4 is 5.32 Å². The lowest BCUT2D eigenvalue weighted by Gasteiger charge is -2.18. The molecule has 0 heterocycles. The quantitative estimate of drug-likeness (QED) is 0.830. The van der Waals surface area contributed by atoms with E-state index in [1.165, 1.54) is 5.56 Å². The fraction of sp³-hybridized carbons (Fsp3) is 0.562. The molecule has 0 fully saturated rings. The Morgan fingerprint density at radius 2 is 1.70 bits per heavy atom. The van der Waals surface area contributed by atoms with E-state index < -0.39 is 0 Å². The van der Waals surface area contributed by atoms with Gasteiger partial charge in [-0.1, -0.05) is 26.0 Å². The summed E-state index contributed by atoms with van der Waals surface area (Å²) in [4.78, 5) is 16.1. The van der Waals surface area contributed by atoms with E-state index in [9.17, 15) is 4.79 Å². The first-order chi connectivity index (χ1) is 9.38. The third kappa shape index (κ3) is 6.17. The van der Waals surface area contributed by atoms with Crippen LogP contribution in [0.2, 0.25) is 0 Å². The van der Waals surface area contributed by atoms with E-state index in [0.29, 0.717) is 12.5 Å². The molecular weight excluding hydrogens is 250 g/mol. The SMILES string of the molecule is CC(C)c1ccc(NC(=O)CN(C)CCN(C)C)cc1. The molecule has 0 saturated carbocycles. The van der Waals surface area contributed by atoms with Gasteiger partial charge in [0.25, 0.3) is 0 Å². The molecule has 4 nitrogen and oxygen atoms in total. The van der Waals surface area contributed by atoms with Gasteiger partial charge < -0.3 is 10.2 Å². The largest absolute Gasteiger partial charge is 0.325 e. The normalized spacial score (nSPS) is 11.4. The van der Waals surface area contributed by atoms with Crippen molar-refractivity contribution in [2.75, 3.05) is 46.1 Å². The first-order valence-corrected chi connectivity index (χ1v) is 7.11. The third-order valence-electron chi connectivity index (χ3n) is 3.20. The molecule has 0 aromatic heterocycles. The molecule has 1 rings (SSSR count). The first kappa shape index (κ1) is 16.7. The fourth-order valence-electron chi connectivity index (χ4n) is 1.85. The van der Waals surface area contributed by atoms with Gasteiger partial charge in [0.05, 0.1) is 6.54 Å². The van der Waals surface area contributed by atoms with Gasteiger partial charge in [0.15, 0.2) is 0 Å². The summed E-state index contributed by atoms with van der Waals surface area (Å²) in [6, 6.07) is 8.06. The minimum absolute atomic E-state index is 0.0311. The summed E-state index contributed by atoms with van der Waals surface area (Å²) >= 11 is 0. The summed E-state index contributed by atoms with van der Waals surface area (Å²) in [6.45, 7) is 6.57. The van der Waals surface area contributed by atoms with Gasteiger partial charge in [-0.3, -0.25) is 9.69 Å². The Morgan fingerprint density at radius 1 is 1.10 bits per heavy atom. The van der Waals surface area contributed by atoms with Crippen molar-refractivity contribution >= 4 is 11.6 Å². The highest BCUT2D eigenvalue weighted by atomic mass is 16.2. The van der Waals surface area contributed by atoms with Crippen molar-refractivity contribution in [1.82, 2.24) is 9.80 Å². The number of carbonyl (C=O) groups excluding carboxylic acids is 1. The molecule has 0 aliphatic rings. The van der Waals surface area contributed by atoms with Crippen LogP contribution in [0.5, 0.6) is 0 Å². The molecule has 20 heavy (non-hydrogen) atoms. The number of amides is 1. The highest BCUT2D eigenvalue weighted by molar-refractivity contribution is 5.92. The van der Waals surface area contributed by atoms with Crippen LogP contribution in [0.3, 0.4) is 0 Å². The molecule has 1 aromatic rings. The number of nitrogens with zero attached hydrogens (tertiary/aromatic N) is 2. The molecule has 0 atom stereocenters. The highest BCUT2D eigenvalue weighted by Crippen LogP contribution is 2.16. The zero-order valence-electron chi connectivity index (χ0n) is 13.3. The molecule has 0 bridgehead atoms. The number of hydrogen-bond acceptors (Lipinski definition) is 3. The molecule has 1 N–H and O–H groups in total. The molecular formula is C16H27N3O. The number of nitrogens with one attached hydrogen (secondary N) is 1. The average Bonchev–Trinajstić information content (AvgIpc) is 2.36. The van der Waals surface area contributed by atoms with Gasteiger partial charge in [0.2, 0.25) is 5.91 Å². The van der Waals surface area contributed by atoms with Gasteiger partial charge in [-0.15, -0.1) is 0 Å². The van der Waals surface area contributed by atoms with Crippen molar-refractivity contribution in [3.05, 3.63) is 29.8 Å². The zero-order valence-corrected chi connectivity index (χ0v) is 13.3. The van der Waals surface area contributed by atoms with Gasteiger partial charge >= 0.3 is 0 Å². The van der Waals surface area contributed by atoms with Crippen LogP contribution in [0, 0.1) is 0 Å². The Bertz CT molecular complexity index is 412. The maximum absolute atomic E-state index is 11.9. The topological polar surface area (TPSA) is 35.6 Å². The number of rotatable bonds is 7. The Morgan fingerprint density at radius 3 is 2.20 bits per heavy atom. The van der Waals surface area contributed by atoms with Gasteiger partial charge in [-0.25, -0.2) is 0 Å². The van der Waals surface area contributed by atoms with E-state index in [-0.39, 0.29) is 5.91 Å². The van der Waals surface area contributed by atoms with Crippen molar-refractivity contribution in [3.8, 4) is 0 Å². The summed E-state index contributed by atoms with van der Waals surface area (Å²) in [5.41, 5.74) is 2.14. The third-order valence-corrected chi connectivity index (χ3v) is 3.20. The second-order valence-electron chi connectivity index (χ2n) is 5.87. The standard InChI is InChI=1S/C16H27N3O/c1-13(2)14-6-8-15(9-7-14)17-16(20)12-19(5)11-10-18(3)4/h6-9,13H,10-12H2,1-5H3,(H,17,20). The number of likely N-dealkylation sites (N-methyl/N-ethyl adjacent to an activating group) is 2. The van der Waals surface area contributed by atoms with Crippen LogP contribution >= 0.6 is 0 Å². The number of anilines is 1. The van der Waals surface area contributed by atoms with Crippen LogP contribution in [-0.2, 0) is 4.79 Å². The monoisotopic (exact) mass is 277 g/mol. The molecule has 4 heteroatoms. The fourth-order valence-corrected chi connectivity index (χ4v) is 1.85. The molecule has 0 saturated heterocycles. The van der Waals surface area contributed by atoms with Gasteiger partial charge in [0.1, 0.15) is 0 Å². The van der Waals surface area contributed by atoms with Crippen molar-refractivity contribution in [2.24, 2.45) is 0 Å².